The highest BCUT2D eigenvalue weighted by molar-refractivity contribution is 5.99. The van der Waals surface area contributed by atoms with Gasteiger partial charge in [-0.1, -0.05) is 33.8 Å². The second-order valence-corrected chi connectivity index (χ2v) is 8.81. The number of carboxylic acid groups (broad SMARTS) is 1. The van der Waals surface area contributed by atoms with E-state index in [2.05, 4.69) is 0 Å². The summed E-state index contributed by atoms with van der Waals surface area (Å²) in [6.07, 6.45) is -3.61. The van der Waals surface area contributed by atoms with Gasteiger partial charge in [-0.25, -0.2) is 9.18 Å². The number of rotatable bonds is 7. The molecule has 3 aromatic rings. The number of benzene rings is 2. The normalized spacial score (nSPS) is 12.7. The molecule has 0 bridgehead atoms. The van der Waals surface area contributed by atoms with Crippen LogP contribution >= 0.6 is 0 Å². The molecule has 1 heterocycles. The van der Waals surface area contributed by atoms with E-state index in [1.165, 1.54) is 25.1 Å². The fourth-order valence-electron chi connectivity index (χ4n) is 3.75. The molecule has 4 nitrogen and oxygen atoms in total. The number of alkyl halides is 3. The van der Waals surface area contributed by atoms with Crippen molar-refractivity contribution in [3.8, 4) is 16.9 Å². The number of hydrogen-bond donors (Lipinski definition) is 1. The van der Waals surface area contributed by atoms with E-state index in [0.717, 1.165) is 11.6 Å². The number of hydrogen-bond acceptors (Lipinski definition) is 3. The molecule has 3 rings (SSSR count). The van der Waals surface area contributed by atoms with Gasteiger partial charge in [-0.2, -0.15) is 13.2 Å². The zero-order valence-electron chi connectivity index (χ0n) is 19.5. The molecular weight excluding hydrogens is 452 g/mol. The maximum Gasteiger partial charge on any atom is 0.422 e. The highest BCUT2D eigenvalue weighted by Gasteiger charge is 2.31. The van der Waals surface area contributed by atoms with Gasteiger partial charge in [0.1, 0.15) is 22.9 Å². The van der Waals surface area contributed by atoms with E-state index in [1.54, 1.807) is 12.1 Å². The van der Waals surface area contributed by atoms with Crippen molar-refractivity contribution >= 4 is 22.5 Å². The lowest BCUT2D eigenvalue weighted by Gasteiger charge is -2.22. The Morgan fingerprint density at radius 3 is 2.35 bits per heavy atom. The average Bonchev–Trinajstić information content (AvgIpc) is 3.15. The van der Waals surface area contributed by atoms with Crippen LogP contribution in [0.3, 0.4) is 0 Å². The molecule has 1 N–H and O–H groups in total. The van der Waals surface area contributed by atoms with Crippen LogP contribution in [-0.2, 0) is 4.79 Å². The molecule has 0 aliphatic rings. The predicted octanol–water partition coefficient (Wildman–Crippen LogP) is 7.91. The molecule has 0 saturated heterocycles. The summed E-state index contributed by atoms with van der Waals surface area (Å²) in [6, 6.07) is 7.51. The molecule has 1 aromatic heterocycles. The van der Waals surface area contributed by atoms with Crippen LogP contribution in [0.5, 0.6) is 5.75 Å². The largest absolute Gasteiger partial charge is 0.483 e. The van der Waals surface area contributed by atoms with Gasteiger partial charge in [0.25, 0.3) is 0 Å². The molecule has 0 aliphatic heterocycles. The zero-order valence-corrected chi connectivity index (χ0v) is 19.5. The third-order valence-electron chi connectivity index (χ3n) is 5.46. The molecule has 0 amide bonds. The number of furan rings is 1. The van der Waals surface area contributed by atoms with Crippen molar-refractivity contribution in [3.63, 3.8) is 0 Å². The Bertz CT molecular complexity index is 1250. The van der Waals surface area contributed by atoms with Crippen LogP contribution in [0.4, 0.5) is 17.6 Å². The maximum absolute atomic E-state index is 15.3. The first kappa shape index (κ1) is 25.3. The molecule has 0 aliphatic carbocycles. The third kappa shape index (κ3) is 5.43. The van der Waals surface area contributed by atoms with Gasteiger partial charge in [-0.05, 0) is 59.7 Å². The van der Waals surface area contributed by atoms with Crippen LogP contribution in [0.25, 0.3) is 27.7 Å². The van der Waals surface area contributed by atoms with Crippen LogP contribution in [-0.4, -0.2) is 23.9 Å². The van der Waals surface area contributed by atoms with Gasteiger partial charge in [-0.3, -0.25) is 0 Å². The van der Waals surface area contributed by atoms with E-state index in [9.17, 15) is 18.0 Å². The summed E-state index contributed by atoms with van der Waals surface area (Å²) in [7, 11) is 0. The molecule has 0 fully saturated rings. The fourth-order valence-corrected chi connectivity index (χ4v) is 3.75. The second kappa shape index (κ2) is 9.52. The van der Waals surface area contributed by atoms with Gasteiger partial charge >= 0.3 is 12.1 Å². The standard InChI is InChI=1S/C26H26F4O4/c1-13(2)16-9-17(14(3)4)25(33-12-26(28,29)30)19(10-16)24-18-11-22(15(5)8-23(31)32)34-21(18)7-6-20(24)27/h6-11,13-14H,12H2,1-5H3,(H,31,32). The van der Waals surface area contributed by atoms with Gasteiger partial charge in [-0.15, -0.1) is 0 Å². The topological polar surface area (TPSA) is 59.7 Å². The maximum atomic E-state index is 15.3. The highest BCUT2D eigenvalue weighted by atomic mass is 19.4. The lowest BCUT2D eigenvalue weighted by Crippen LogP contribution is -2.20. The summed E-state index contributed by atoms with van der Waals surface area (Å²) >= 11 is 0. The van der Waals surface area contributed by atoms with Crippen molar-refractivity contribution in [2.75, 3.05) is 6.61 Å². The summed E-state index contributed by atoms with van der Waals surface area (Å²) in [5.41, 5.74) is 2.16. The van der Waals surface area contributed by atoms with E-state index >= 15 is 4.39 Å². The van der Waals surface area contributed by atoms with Crippen molar-refractivity contribution in [3.05, 3.63) is 59.1 Å². The van der Waals surface area contributed by atoms with Gasteiger partial charge in [0, 0.05) is 22.6 Å². The van der Waals surface area contributed by atoms with Gasteiger partial charge in [0.2, 0.25) is 0 Å². The Morgan fingerprint density at radius 2 is 1.79 bits per heavy atom. The lowest BCUT2D eigenvalue weighted by molar-refractivity contribution is -0.153. The number of ether oxygens (including phenoxy) is 1. The molecule has 8 heteroatoms. The zero-order chi connectivity index (χ0) is 25.4. The summed E-state index contributed by atoms with van der Waals surface area (Å²) in [5, 5.41) is 9.34. The van der Waals surface area contributed by atoms with Crippen molar-refractivity contribution in [2.24, 2.45) is 0 Å². The second-order valence-electron chi connectivity index (χ2n) is 8.81. The van der Waals surface area contributed by atoms with Gasteiger partial charge < -0.3 is 14.3 Å². The molecule has 0 spiro atoms. The molecule has 0 radical (unpaired) electrons. The van der Waals surface area contributed by atoms with Crippen molar-refractivity contribution in [1.29, 1.82) is 0 Å². The predicted molar refractivity (Wildman–Crippen MR) is 123 cm³/mol. The molecular formula is C26H26F4O4. The van der Waals surface area contributed by atoms with E-state index in [4.69, 9.17) is 14.3 Å². The highest BCUT2D eigenvalue weighted by Crippen LogP contribution is 2.44. The number of allylic oxidation sites excluding steroid dienone is 1. The smallest absolute Gasteiger partial charge is 0.422 e. The van der Waals surface area contributed by atoms with Crippen LogP contribution < -0.4 is 4.74 Å². The van der Waals surface area contributed by atoms with E-state index in [-0.39, 0.29) is 40.1 Å². The van der Waals surface area contributed by atoms with Crippen LogP contribution in [0, 0.1) is 5.82 Å². The molecule has 34 heavy (non-hydrogen) atoms. The SMILES string of the molecule is CC(=CC(=O)O)c1cc2c(-c3cc(C(C)C)cc(C(C)C)c3OCC(F)(F)F)c(F)ccc2o1. The third-order valence-corrected chi connectivity index (χ3v) is 5.46. The van der Waals surface area contributed by atoms with E-state index in [0.29, 0.717) is 16.5 Å². The monoisotopic (exact) mass is 478 g/mol. The summed E-state index contributed by atoms with van der Waals surface area (Å²) < 4.78 is 65.6. The first-order valence-electron chi connectivity index (χ1n) is 10.8. The molecule has 0 unspecified atom stereocenters. The fraction of sp³-hybridized carbons (Fsp3) is 0.346. The molecule has 0 atom stereocenters. The first-order chi connectivity index (χ1) is 15.8. The quantitative estimate of drug-likeness (QED) is 0.277. The Labute approximate surface area is 194 Å². The summed E-state index contributed by atoms with van der Waals surface area (Å²) in [6.45, 7) is 7.55. The van der Waals surface area contributed by atoms with Crippen LogP contribution in [0.15, 0.2) is 40.8 Å². The number of carbonyl (C=O) groups is 1. The Kier molecular flexibility index (Phi) is 7.10. The van der Waals surface area contributed by atoms with Crippen LogP contribution in [0.2, 0.25) is 0 Å². The first-order valence-corrected chi connectivity index (χ1v) is 10.8. The Hall–Kier alpha value is -3.29. The van der Waals surface area contributed by atoms with E-state index in [1.807, 2.05) is 27.7 Å². The minimum atomic E-state index is -4.58. The van der Waals surface area contributed by atoms with E-state index < -0.39 is 24.6 Å². The Balaban J connectivity index is 2.36. The van der Waals surface area contributed by atoms with Gasteiger partial charge in [0.05, 0.1) is 0 Å². The molecule has 182 valence electrons. The number of halogens is 4. The summed E-state index contributed by atoms with van der Waals surface area (Å²) in [4.78, 5) is 11.1. The van der Waals surface area contributed by atoms with Gasteiger partial charge in [0.15, 0.2) is 6.61 Å². The molecule has 2 aromatic carbocycles. The lowest BCUT2D eigenvalue weighted by atomic mass is 9.88. The summed E-state index contributed by atoms with van der Waals surface area (Å²) in [5.74, 6) is -1.82. The van der Waals surface area contributed by atoms with Crippen molar-refractivity contribution < 1.29 is 36.6 Å². The molecule has 0 saturated carbocycles. The Morgan fingerprint density at radius 1 is 1.12 bits per heavy atom. The minimum Gasteiger partial charge on any atom is -0.483 e. The average molecular weight is 478 g/mol. The van der Waals surface area contributed by atoms with Crippen molar-refractivity contribution in [1.82, 2.24) is 0 Å². The van der Waals surface area contributed by atoms with Crippen LogP contribution in [0.1, 0.15) is 63.3 Å². The minimum absolute atomic E-state index is 0.0239. The van der Waals surface area contributed by atoms with Crippen molar-refractivity contribution in [2.45, 2.75) is 52.6 Å². The number of fused-ring (bicyclic) bond motifs is 1. The number of aliphatic carboxylic acids is 1. The number of carboxylic acids is 1.